The molecule has 2 heterocycles. The van der Waals surface area contributed by atoms with Gasteiger partial charge in [-0.05, 0) is 24.3 Å². The van der Waals surface area contributed by atoms with Gasteiger partial charge in [0.25, 0.3) is 5.91 Å². The number of amides is 2. The van der Waals surface area contributed by atoms with Crippen LogP contribution in [0.15, 0.2) is 36.7 Å². The largest absolute Gasteiger partial charge is 0.368 e. The van der Waals surface area contributed by atoms with E-state index in [9.17, 15) is 9.59 Å². The number of carbonyl (C=O) groups is 2. The highest BCUT2D eigenvalue weighted by atomic mass is 16.1. The molecule has 2 aromatic heterocycles. The van der Waals surface area contributed by atoms with Crippen molar-refractivity contribution < 1.29 is 9.59 Å². The van der Waals surface area contributed by atoms with E-state index in [1.165, 1.54) is 6.20 Å². The Morgan fingerprint density at radius 1 is 1.21 bits per heavy atom. The molecule has 0 saturated heterocycles. The molecule has 0 aliphatic carbocycles. The fraction of sp³-hybridized carbons (Fsp3) is 0.0667. The second-order valence-corrected chi connectivity index (χ2v) is 5.04. The summed E-state index contributed by atoms with van der Waals surface area (Å²) in [5.41, 5.74) is 12.3. The highest BCUT2D eigenvalue weighted by Gasteiger charge is 2.13. The predicted molar refractivity (Wildman–Crippen MR) is 89.8 cm³/mol. The number of benzene rings is 1. The van der Waals surface area contributed by atoms with Gasteiger partial charge in [0.1, 0.15) is 11.4 Å². The van der Waals surface area contributed by atoms with Gasteiger partial charge in [-0.15, -0.1) is 0 Å². The molecular weight excluding hydrogens is 310 g/mol. The van der Waals surface area contributed by atoms with Crippen LogP contribution in [0.3, 0.4) is 0 Å². The summed E-state index contributed by atoms with van der Waals surface area (Å²) in [4.78, 5) is 33.6. The van der Waals surface area contributed by atoms with Crippen LogP contribution < -0.4 is 22.1 Å². The van der Waals surface area contributed by atoms with E-state index < -0.39 is 11.8 Å². The Hall–Kier alpha value is -3.62. The van der Waals surface area contributed by atoms with E-state index in [-0.39, 0.29) is 23.9 Å². The SMILES string of the molecule is NC(=O)CNc1ncc(C(N)=O)c(Nc2ccc3[nH]ccc3c2)n1. The van der Waals surface area contributed by atoms with Crippen molar-refractivity contribution in [2.45, 2.75) is 0 Å². The van der Waals surface area contributed by atoms with Gasteiger partial charge in [0.15, 0.2) is 0 Å². The topological polar surface area (TPSA) is 152 Å². The number of carbonyl (C=O) groups excluding carboxylic acids is 2. The van der Waals surface area contributed by atoms with E-state index in [1.54, 1.807) is 0 Å². The van der Waals surface area contributed by atoms with Crippen molar-refractivity contribution in [3.05, 3.63) is 42.2 Å². The van der Waals surface area contributed by atoms with Crippen LogP contribution in [-0.2, 0) is 4.79 Å². The Labute approximate surface area is 136 Å². The normalized spacial score (nSPS) is 10.5. The maximum Gasteiger partial charge on any atom is 0.254 e. The van der Waals surface area contributed by atoms with Gasteiger partial charge < -0.3 is 27.1 Å². The van der Waals surface area contributed by atoms with Crippen LogP contribution in [0.1, 0.15) is 10.4 Å². The van der Waals surface area contributed by atoms with Crippen molar-refractivity contribution in [1.82, 2.24) is 15.0 Å². The number of primary amides is 2. The minimum absolute atomic E-state index is 0.120. The summed E-state index contributed by atoms with van der Waals surface area (Å²) in [7, 11) is 0. The standard InChI is InChI=1S/C15H15N7O2/c16-12(23)7-20-15-19-6-10(13(17)24)14(22-15)21-9-1-2-11-8(5-9)3-4-18-11/h1-6,18H,7H2,(H2,16,23)(H2,17,24)(H2,19,20,21,22). The highest BCUT2D eigenvalue weighted by molar-refractivity contribution is 5.98. The summed E-state index contributed by atoms with van der Waals surface area (Å²) in [5.74, 6) is -0.824. The molecule has 0 atom stereocenters. The predicted octanol–water partition coefficient (Wildman–Crippen LogP) is 0.698. The number of H-pyrrole nitrogens is 1. The van der Waals surface area contributed by atoms with E-state index in [2.05, 4.69) is 25.6 Å². The molecule has 9 nitrogen and oxygen atoms in total. The summed E-state index contributed by atoms with van der Waals surface area (Å²) < 4.78 is 0. The number of aromatic amines is 1. The lowest BCUT2D eigenvalue weighted by Gasteiger charge is -2.11. The van der Waals surface area contributed by atoms with Gasteiger partial charge in [0.2, 0.25) is 11.9 Å². The first-order valence-electron chi connectivity index (χ1n) is 7.06. The first-order chi connectivity index (χ1) is 11.5. The maximum absolute atomic E-state index is 11.6. The summed E-state index contributed by atoms with van der Waals surface area (Å²) in [6, 6.07) is 7.56. The van der Waals surface area contributed by atoms with Gasteiger partial charge in [-0.2, -0.15) is 4.98 Å². The van der Waals surface area contributed by atoms with E-state index in [0.29, 0.717) is 0 Å². The summed E-state index contributed by atoms with van der Waals surface area (Å²) in [5, 5.41) is 6.71. The third-order valence-electron chi connectivity index (χ3n) is 3.29. The second-order valence-electron chi connectivity index (χ2n) is 5.04. The van der Waals surface area contributed by atoms with Crippen molar-refractivity contribution >= 4 is 40.2 Å². The van der Waals surface area contributed by atoms with Gasteiger partial charge in [-0.25, -0.2) is 4.98 Å². The summed E-state index contributed by atoms with van der Waals surface area (Å²) >= 11 is 0. The minimum atomic E-state index is -0.665. The maximum atomic E-state index is 11.6. The van der Waals surface area contributed by atoms with E-state index in [1.807, 2.05) is 30.5 Å². The quantitative estimate of drug-likeness (QED) is 0.450. The number of fused-ring (bicyclic) bond motifs is 1. The zero-order valence-electron chi connectivity index (χ0n) is 12.5. The number of nitrogens with one attached hydrogen (secondary N) is 3. The third kappa shape index (κ3) is 3.24. The number of hydrogen-bond donors (Lipinski definition) is 5. The molecule has 0 aliphatic rings. The Balaban J connectivity index is 1.92. The highest BCUT2D eigenvalue weighted by Crippen LogP contribution is 2.23. The van der Waals surface area contributed by atoms with Gasteiger partial charge in [0, 0.05) is 29.0 Å². The molecule has 0 saturated carbocycles. The molecule has 24 heavy (non-hydrogen) atoms. The molecule has 9 heteroatoms. The number of anilines is 3. The molecule has 3 rings (SSSR count). The zero-order valence-corrected chi connectivity index (χ0v) is 12.5. The Morgan fingerprint density at radius 2 is 2.04 bits per heavy atom. The molecule has 0 radical (unpaired) electrons. The van der Waals surface area contributed by atoms with Crippen LogP contribution >= 0.6 is 0 Å². The van der Waals surface area contributed by atoms with Crippen LogP contribution in [0.4, 0.5) is 17.5 Å². The number of rotatable bonds is 6. The van der Waals surface area contributed by atoms with Crippen LogP contribution in [0.5, 0.6) is 0 Å². The van der Waals surface area contributed by atoms with Crippen molar-refractivity contribution in [2.24, 2.45) is 11.5 Å². The molecule has 0 spiro atoms. The van der Waals surface area contributed by atoms with Crippen LogP contribution in [0, 0.1) is 0 Å². The van der Waals surface area contributed by atoms with Crippen molar-refractivity contribution in [2.75, 3.05) is 17.2 Å². The molecule has 0 unspecified atom stereocenters. The fourth-order valence-electron chi connectivity index (χ4n) is 2.18. The number of hydrogen-bond acceptors (Lipinski definition) is 6. The van der Waals surface area contributed by atoms with Crippen LogP contribution in [0.2, 0.25) is 0 Å². The fourth-order valence-corrected chi connectivity index (χ4v) is 2.18. The average Bonchev–Trinajstić information content (AvgIpc) is 3.00. The molecule has 122 valence electrons. The van der Waals surface area contributed by atoms with E-state index in [0.717, 1.165) is 16.6 Å². The molecular formula is C15H15N7O2. The molecule has 7 N–H and O–H groups in total. The molecule has 1 aromatic carbocycles. The van der Waals surface area contributed by atoms with Crippen molar-refractivity contribution in [3.8, 4) is 0 Å². The number of nitrogens with two attached hydrogens (primary N) is 2. The lowest BCUT2D eigenvalue weighted by Crippen LogP contribution is -2.23. The lowest BCUT2D eigenvalue weighted by atomic mass is 10.2. The van der Waals surface area contributed by atoms with Crippen LogP contribution in [0.25, 0.3) is 10.9 Å². The zero-order chi connectivity index (χ0) is 17.1. The van der Waals surface area contributed by atoms with Gasteiger partial charge in [-0.3, -0.25) is 9.59 Å². The third-order valence-corrected chi connectivity index (χ3v) is 3.29. The minimum Gasteiger partial charge on any atom is -0.368 e. The first kappa shape index (κ1) is 15.3. The second kappa shape index (κ2) is 6.24. The van der Waals surface area contributed by atoms with Gasteiger partial charge in [-0.1, -0.05) is 0 Å². The summed E-state index contributed by atoms with van der Waals surface area (Å²) in [6.07, 6.45) is 3.12. The lowest BCUT2D eigenvalue weighted by molar-refractivity contribution is -0.116. The van der Waals surface area contributed by atoms with Crippen molar-refractivity contribution in [1.29, 1.82) is 0 Å². The Kier molecular flexibility index (Phi) is 3.98. The van der Waals surface area contributed by atoms with Crippen molar-refractivity contribution in [3.63, 3.8) is 0 Å². The Morgan fingerprint density at radius 3 is 2.79 bits per heavy atom. The molecule has 3 aromatic rings. The smallest absolute Gasteiger partial charge is 0.254 e. The van der Waals surface area contributed by atoms with Gasteiger partial charge in [0.05, 0.1) is 6.54 Å². The summed E-state index contributed by atoms with van der Waals surface area (Å²) in [6.45, 7) is -0.120. The number of nitrogens with zero attached hydrogens (tertiary/aromatic N) is 2. The van der Waals surface area contributed by atoms with E-state index in [4.69, 9.17) is 11.5 Å². The van der Waals surface area contributed by atoms with Gasteiger partial charge >= 0.3 is 0 Å². The number of aromatic nitrogens is 3. The Bertz CT molecular complexity index is 919. The van der Waals surface area contributed by atoms with Crippen LogP contribution in [-0.4, -0.2) is 33.3 Å². The molecule has 0 aliphatic heterocycles. The molecule has 0 fully saturated rings. The average molecular weight is 325 g/mol. The first-order valence-corrected chi connectivity index (χ1v) is 7.06. The molecule has 2 amide bonds. The monoisotopic (exact) mass is 325 g/mol. The molecule has 0 bridgehead atoms. The van der Waals surface area contributed by atoms with E-state index >= 15 is 0 Å².